The number of rotatable bonds is 7. The molecule has 3 aromatic carbocycles. The lowest BCUT2D eigenvalue weighted by molar-refractivity contribution is -0.384. The molecule has 1 atom stereocenters. The lowest BCUT2D eigenvalue weighted by atomic mass is 9.91. The van der Waals surface area contributed by atoms with E-state index in [0.29, 0.717) is 17.9 Å². The number of H-pyrrole nitrogens is 1. The molecule has 5 aromatic rings. The molecule has 2 aromatic heterocycles. The third-order valence-electron chi connectivity index (χ3n) is 6.06. The van der Waals surface area contributed by atoms with Crippen molar-refractivity contribution in [3.8, 4) is 5.69 Å². The molecule has 9 nitrogen and oxygen atoms in total. The minimum Gasteiger partial charge on any atom is -0.361 e. The zero-order valence-corrected chi connectivity index (χ0v) is 18.9. The summed E-state index contributed by atoms with van der Waals surface area (Å²) in [6, 6.07) is 24.1. The normalized spacial score (nSPS) is 11.9. The molecule has 9 heteroatoms. The molecule has 5 rings (SSSR count). The number of carbonyl (C=O) groups excluding carboxylic acids is 1. The second kappa shape index (κ2) is 9.22. The SMILES string of the molecule is Cc1c(C(=O)NCC(c2ccccc2)c2c[nH]c3ccccc23)nnn1-c1cccc([N+](=O)[O-])c1. The molecule has 0 saturated carbocycles. The van der Waals surface area contributed by atoms with E-state index in [9.17, 15) is 14.9 Å². The van der Waals surface area contributed by atoms with Gasteiger partial charge in [0.1, 0.15) is 0 Å². The summed E-state index contributed by atoms with van der Waals surface area (Å²) in [6.45, 7) is 2.07. The van der Waals surface area contributed by atoms with Crippen molar-refractivity contribution in [1.82, 2.24) is 25.3 Å². The molecule has 174 valence electrons. The Morgan fingerprint density at radius 3 is 2.66 bits per heavy atom. The van der Waals surface area contributed by atoms with Crippen molar-refractivity contribution in [2.45, 2.75) is 12.8 Å². The number of nitrogens with zero attached hydrogens (tertiary/aromatic N) is 4. The molecule has 0 saturated heterocycles. The highest BCUT2D eigenvalue weighted by Crippen LogP contribution is 2.30. The van der Waals surface area contributed by atoms with Crippen LogP contribution >= 0.6 is 0 Å². The predicted octanol–water partition coefficient (Wildman–Crippen LogP) is 4.53. The van der Waals surface area contributed by atoms with E-state index in [1.807, 2.05) is 54.7 Å². The number of fused-ring (bicyclic) bond motifs is 1. The largest absolute Gasteiger partial charge is 0.361 e. The fourth-order valence-electron chi connectivity index (χ4n) is 4.28. The number of benzene rings is 3. The molecule has 1 amide bonds. The number of aromatic nitrogens is 4. The topological polar surface area (TPSA) is 119 Å². The Bertz CT molecular complexity index is 1520. The van der Waals surface area contributed by atoms with Gasteiger partial charge in [0.05, 0.1) is 16.3 Å². The van der Waals surface area contributed by atoms with Gasteiger partial charge < -0.3 is 10.3 Å². The smallest absolute Gasteiger partial charge is 0.273 e. The van der Waals surface area contributed by atoms with Crippen LogP contribution in [0.3, 0.4) is 0 Å². The average molecular weight is 467 g/mol. The van der Waals surface area contributed by atoms with Gasteiger partial charge >= 0.3 is 0 Å². The first-order valence-corrected chi connectivity index (χ1v) is 11.1. The molecule has 0 spiro atoms. The van der Waals surface area contributed by atoms with E-state index in [-0.39, 0.29) is 23.2 Å². The highest BCUT2D eigenvalue weighted by atomic mass is 16.6. The summed E-state index contributed by atoms with van der Waals surface area (Å²) in [5, 5.41) is 23.3. The Kier molecular flexibility index (Phi) is 5.80. The van der Waals surface area contributed by atoms with Gasteiger partial charge in [0.2, 0.25) is 0 Å². The van der Waals surface area contributed by atoms with E-state index in [0.717, 1.165) is 22.0 Å². The van der Waals surface area contributed by atoms with Crippen LogP contribution in [0.25, 0.3) is 16.6 Å². The third kappa shape index (κ3) is 4.26. The highest BCUT2D eigenvalue weighted by Gasteiger charge is 2.22. The monoisotopic (exact) mass is 466 g/mol. The maximum atomic E-state index is 13.1. The lowest BCUT2D eigenvalue weighted by Crippen LogP contribution is -2.29. The van der Waals surface area contributed by atoms with E-state index < -0.39 is 4.92 Å². The Morgan fingerprint density at radius 1 is 1.09 bits per heavy atom. The summed E-state index contributed by atoms with van der Waals surface area (Å²) >= 11 is 0. The van der Waals surface area contributed by atoms with Crippen molar-refractivity contribution in [3.63, 3.8) is 0 Å². The summed E-state index contributed by atoms with van der Waals surface area (Å²) in [5.74, 6) is -0.441. The van der Waals surface area contributed by atoms with E-state index in [2.05, 4.69) is 26.7 Å². The van der Waals surface area contributed by atoms with Gasteiger partial charge in [0.25, 0.3) is 11.6 Å². The van der Waals surface area contributed by atoms with Gasteiger partial charge in [-0.3, -0.25) is 14.9 Å². The molecule has 1 unspecified atom stereocenters. The number of aromatic amines is 1. The quantitative estimate of drug-likeness (QED) is 0.270. The molecule has 0 fully saturated rings. The van der Waals surface area contributed by atoms with Crippen molar-refractivity contribution < 1.29 is 9.72 Å². The van der Waals surface area contributed by atoms with E-state index >= 15 is 0 Å². The van der Waals surface area contributed by atoms with Crippen LogP contribution < -0.4 is 5.32 Å². The average Bonchev–Trinajstić information content (AvgIpc) is 3.49. The molecule has 0 aliphatic carbocycles. The number of nitro groups is 1. The molecule has 2 N–H and O–H groups in total. The Balaban J connectivity index is 1.41. The second-order valence-corrected chi connectivity index (χ2v) is 8.18. The van der Waals surface area contributed by atoms with Crippen molar-refractivity contribution in [1.29, 1.82) is 0 Å². The maximum absolute atomic E-state index is 13.1. The number of carbonyl (C=O) groups is 1. The summed E-state index contributed by atoms with van der Waals surface area (Å²) in [5.41, 5.74) is 4.26. The first-order chi connectivity index (χ1) is 17.0. The number of hydrogen-bond acceptors (Lipinski definition) is 5. The second-order valence-electron chi connectivity index (χ2n) is 8.18. The molecular weight excluding hydrogens is 444 g/mol. The Morgan fingerprint density at radius 2 is 1.86 bits per heavy atom. The van der Waals surface area contributed by atoms with Crippen LogP contribution in [0.4, 0.5) is 5.69 Å². The van der Waals surface area contributed by atoms with Crippen LogP contribution in [-0.4, -0.2) is 37.4 Å². The minimum absolute atomic E-state index is 0.0622. The van der Waals surface area contributed by atoms with E-state index in [1.54, 1.807) is 19.1 Å². The molecule has 0 bridgehead atoms. The van der Waals surface area contributed by atoms with Gasteiger partial charge in [0, 0.05) is 41.7 Å². The first kappa shape index (κ1) is 22.0. The number of nitro benzene ring substituents is 1. The zero-order chi connectivity index (χ0) is 24.4. The number of nitrogens with one attached hydrogen (secondary N) is 2. The summed E-state index contributed by atoms with van der Waals surface area (Å²) in [4.78, 5) is 27.1. The van der Waals surface area contributed by atoms with Crippen LogP contribution in [0.5, 0.6) is 0 Å². The van der Waals surface area contributed by atoms with Crippen LogP contribution in [0.1, 0.15) is 33.2 Å². The number of amides is 1. The van der Waals surface area contributed by atoms with Gasteiger partial charge in [-0.05, 0) is 30.2 Å². The molecule has 35 heavy (non-hydrogen) atoms. The number of hydrogen-bond donors (Lipinski definition) is 2. The fourth-order valence-corrected chi connectivity index (χ4v) is 4.28. The van der Waals surface area contributed by atoms with Crippen molar-refractivity contribution in [2.75, 3.05) is 6.54 Å². The standard InChI is InChI=1S/C26H22N6O3/c1-17-25(29-30-31(17)19-10-7-11-20(14-19)32(34)35)26(33)28-15-22(18-8-3-2-4-9-18)23-16-27-24-13-6-5-12-21(23)24/h2-14,16,22,27H,15H2,1H3,(H,28,33). The van der Waals surface area contributed by atoms with Gasteiger partial charge in [-0.15, -0.1) is 5.10 Å². The van der Waals surface area contributed by atoms with Gasteiger partial charge in [-0.1, -0.05) is 59.8 Å². The summed E-state index contributed by atoms with van der Waals surface area (Å²) in [6.07, 6.45) is 1.98. The van der Waals surface area contributed by atoms with Crippen molar-refractivity contribution >= 4 is 22.5 Å². The summed E-state index contributed by atoms with van der Waals surface area (Å²) < 4.78 is 1.43. The molecule has 2 heterocycles. The number of non-ortho nitro benzene ring substituents is 1. The highest BCUT2D eigenvalue weighted by molar-refractivity contribution is 5.93. The van der Waals surface area contributed by atoms with E-state index in [4.69, 9.17) is 0 Å². The predicted molar refractivity (Wildman–Crippen MR) is 132 cm³/mol. The Labute approximate surface area is 200 Å². The zero-order valence-electron chi connectivity index (χ0n) is 18.9. The number of para-hydroxylation sites is 1. The lowest BCUT2D eigenvalue weighted by Gasteiger charge is -2.18. The summed E-state index contributed by atoms with van der Waals surface area (Å²) in [7, 11) is 0. The van der Waals surface area contributed by atoms with Crippen LogP contribution in [-0.2, 0) is 0 Å². The molecular formula is C26H22N6O3. The van der Waals surface area contributed by atoms with Gasteiger partial charge in [-0.25, -0.2) is 4.68 Å². The van der Waals surface area contributed by atoms with Crippen molar-refractivity contribution in [3.05, 3.63) is 118 Å². The maximum Gasteiger partial charge on any atom is 0.273 e. The van der Waals surface area contributed by atoms with Crippen LogP contribution in [0, 0.1) is 17.0 Å². The van der Waals surface area contributed by atoms with Crippen LogP contribution in [0.15, 0.2) is 85.1 Å². The minimum atomic E-state index is -0.474. The van der Waals surface area contributed by atoms with Crippen molar-refractivity contribution in [2.24, 2.45) is 0 Å². The van der Waals surface area contributed by atoms with Gasteiger partial charge in [0.15, 0.2) is 5.69 Å². The fraction of sp³-hybridized carbons (Fsp3) is 0.115. The molecule has 0 aliphatic heterocycles. The van der Waals surface area contributed by atoms with E-state index in [1.165, 1.54) is 16.8 Å². The van der Waals surface area contributed by atoms with Gasteiger partial charge in [-0.2, -0.15) is 0 Å². The third-order valence-corrected chi connectivity index (χ3v) is 6.06. The molecule has 0 aliphatic rings. The Hall–Kier alpha value is -4.79. The first-order valence-electron chi connectivity index (χ1n) is 11.1. The van der Waals surface area contributed by atoms with Crippen LogP contribution in [0.2, 0.25) is 0 Å². The molecule has 0 radical (unpaired) electrons.